The van der Waals surface area contributed by atoms with Crippen LogP contribution in [0.25, 0.3) is 6.08 Å². The Morgan fingerprint density at radius 2 is 1.57 bits per heavy atom. The van der Waals surface area contributed by atoms with E-state index in [0.29, 0.717) is 17.1 Å². The van der Waals surface area contributed by atoms with Crippen molar-refractivity contribution in [3.05, 3.63) is 64.7 Å². The Bertz CT molecular complexity index is 786. The second-order valence-electron chi connectivity index (χ2n) is 6.18. The Hall–Kier alpha value is -2.55. The van der Waals surface area contributed by atoms with Crippen molar-refractivity contribution in [2.75, 3.05) is 14.2 Å². The van der Waals surface area contributed by atoms with Gasteiger partial charge in [-0.25, -0.2) is 0 Å². The summed E-state index contributed by atoms with van der Waals surface area (Å²) in [6.07, 6.45) is 1.97. The number of ketones is 1. The first kappa shape index (κ1) is 15.3. The van der Waals surface area contributed by atoms with Gasteiger partial charge in [0.2, 0.25) is 0 Å². The molecule has 0 amide bonds. The lowest BCUT2D eigenvalue weighted by Gasteiger charge is -2.21. The molecule has 23 heavy (non-hydrogen) atoms. The van der Waals surface area contributed by atoms with Crippen molar-refractivity contribution in [3.63, 3.8) is 0 Å². The third-order valence-corrected chi connectivity index (χ3v) is 4.47. The van der Waals surface area contributed by atoms with Gasteiger partial charge in [0.05, 0.1) is 14.2 Å². The molecular formula is C20H20O3. The van der Waals surface area contributed by atoms with Crippen molar-refractivity contribution in [1.82, 2.24) is 0 Å². The van der Waals surface area contributed by atoms with E-state index >= 15 is 0 Å². The molecule has 3 heteroatoms. The third-order valence-electron chi connectivity index (χ3n) is 4.47. The fourth-order valence-corrected chi connectivity index (χ4v) is 3.12. The van der Waals surface area contributed by atoms with Gasteiger partial charge in [0.25, 0.3) is 0 Å². The van der Waals surface area contributed by atoms with E-state index in [1.54, 1.807) is 20.3 Å². The van der Waals surface area contributed by atoms with Crippen molar-refractivity contribution in [3.8, 4) is 11.5 Å². The van der Waals surface area contributed by atoms with Gasteiger partial charge >= 0.3 is 0 Å². The Morgan fingerprint density at radius 1 is 0.957 bits per heavy atom. The maximum absolute atomic E-state index is 12.9. The summed E-state index contributed by atoms with van der Waals surface area (Å²) in [6, 6.07) is 13.6. The van der Waals surface area contributed by atoms with Crippen molar-refractivity contribution in [1.29, 1.82) is 0 Å². The van der Waals surface area contributed by atoms with Crippen LogP contribution in [-0.4, -0.2) is 20.0 Å². The highest BCUT2D eigenvalue weighted by molar-refractivity contribution is 6.18. The summed E-state index contributed by atoms with van der Waals surface area (Å²) in [5, 5.41) is 0. The van der Waals surface area contributed by atoms with Gasteiger partial charge in [-0.15, -0.1) is 0 Å². The molecule has 0 bridgehead atoms. The molecule has 0 atom stereocenters. The Balaban J connectivity index is 2.17. The van der Waals surface area contributed by atoms with Gasteiger partial charge in [-0.1, -0.05) is 44.2 Å². The van der Waals surface area contributed by atoms with Crippen LogP contribution < -0.4 is 9.47 Å². The molecule has 0 fully saturated rings. The molecule has 0 radical (unpaired) electrons. The molecule has 1 aliphatic carbocycles. The van der Waals surface area contributed by atoms with E-state index in [0.717, 1.165) is 16.7 Å². The smallest absolute Gasteiger partial charge is 0.190 e. The SMILES string of the molecule is COc1cc2c(cc1OC)C(C)(C)/C(=C\c1ccccc1)C2=O. The summed E-state index contributed by atoms with van der Waals surface area (Å²) >= 11 is 0. The highest BCUT2D eigenvalue weighted by atomic mass is 16.5. The minimum absolute atomic E-state index is 0.0507. The first-order valence-corrected chi connectivity index (χ1v) is 7.57. The van der Waals surface area contributed by atoms with Gasteiger partial charge in [0, 0.05) is 16.6 Å². The topological polar surface area (TPSA) is 35.5 Å². The van der Waals surface area contributed by atoms with Crippen LogP contribution in [0.3, 0.4) is 0 Å². The van der Waals surface area contributed by atoms with E-state index in [1.807, 2.05) is 42.5 Å². The van der Waals surface area contributed by atoms with Gasteiger partial charge < -0.3 is 9.47 Å². The summed E-state index contributed by atoms with van der Waals surface area (Å²) in [5.41, 5.74) is 3.10. The van der Waals surface area contributed by atoms with E-state index in [1.165, 1.54) is 0 Å². The molecule has 1 aliphatic rings. The number of fused-ring (bicyclic) bond motifs is 1. The van der Waals surface area contributed by atoms with Crippen LogP contribution in [0.2, 0.25) is 0 Å². The largest absolute Gasteiger partial charge is 0.493 e. The zero-order valence-corrected chi connectivity index (χ0v) is 13.8. The first-order chi connectivity index (χ1) is 11.0. The average Bonchev–Trinajstić information content (AvgIpc) is 2.75. The van der Waals surface area contributed by atoms with Crippen molar-refractivity contribution in [2.45, 2.75) is 19.3 Å². The maximum Gasteiger partial charge on any atom is 0.190 e. The lowest BCUT2D eigenvalue weighted by Crippen LogP contribution is -2.17. The lowest BCUT2D eigenvalue weighted by atomic mass is 9.82. The normalized spacial score (nSPS) is 17.2. The number of hydrogen-bond acceptors (Lipinski definition) is 3. The van der Waals surface area contributed by atoms with E-state index in [2.05, 4.69) is 13.8 Å². The number of methoxy groups -OCH3 is 2. The summed E-state index contributed by atoms with van der Waals surface area (Å²) in [4.78, 5) is 12.9. The Morgan fingerprint density at radius 3 is 2.17 bits per heavy atom. The molecule has 0 saturated carbocycles. The monoisotopic (exact) mass is 308 g/mol. The molecule has 118 valence electrons. The Kier molecular flexibility index (Phi) is 3.72. The zero-order chi connectivity index (χ0) is 16.6. The van der Waals surface area contributed by atoms with E-state index in [9.17, 15) is 4.79 Å². The molecule has 0 heterocycles. The number of ether oxygens (including phenoxy) is 2. The van der Waals surface area contributed by atoms with Crippen LogP contribution in [-0.2, 0) is 5.41 Å². The predicted octanol–water partition coefficient (Wildman–Crippen LogP) is 4.26. The summed E-state index contributed by atoms with van der Waals surface area (Å²) in [5.74, 6) is 1.28. The molecule has 0 unspecified atom stereocenters. The van der Waals surface area contributed by atoms with Gasteiger partial charge in [-0.05, 0) is 29.3 Å². The lowest BCUT2D eigenvalue weighted by molar-refractivity contribution is 0.103. The highest BCUT2D eigenvalue weighted by Gasteiger charge is 2.41. The van der Waals surface area contributed by atoms with Crippen molar-refractivity contribution in [2.24, 2.45) is 0 Å². The summed E-state index contributed by atoms with van der Waals surface area (Å²) in [7, 11) is 3.18. The van der Waals surface area contributed by atoms with Crippen LogP contribution in [0.15, 0.2) is 48.0 Å². The zero-order valence-electron chi connectivity index (χ0n) is 13.8. The number of Topliss-reactive ketones (excluding diaryl/α,β-unsaturated/α-hetero) is 1. The number of carbonyl (C=O) groups is 1. The number of rotatable bonds is 3. The summed E-state index contributed by atoms with van der Waals surface area (Å²) in [6.45, 7) is 4.13. The molecule has 0 N–H and O–H groups in total. The van der Waals surface area contributed by atoms with Gasteiger partial charge in [-0.2, -0.15) is 0 Å². The van der Waals surface area contributed by atoms with Crippen LogP contribution in [0.4, 0.5) is 0 Å². The fraction of sp³-hybridized carbons (Fsp3) is 0.250. The van der Waals surface area contributed by atoms with Gasteiger partial charge in [-0.3, -0.25) is 4.79 Å². The number of benzene rings is 2. The quantitative estimate of drug-likeness (QED) is 0.795. The third kappa shape index (κ3) is 2.42. The van der Waals surface area contributed by atoms with Crippen LogP contribution in [0.1, 0.15) is 35.3 Å². The molecule has 3 rings (SSSR count). The van der Waals surface area contributed by atoms with Crippen LogP contribution in [0, 0.1) is 0 Å². The summed E-state index contributed by atoms with van der Waals surface area (Å²) < 4.78 is 10.7. The highest BCUT2D eigenvalue weighted by Crippen LogP contribution is 2.47. The van der Waals surface area contributed by atoms with Crippen LogP contribution >= 0.6 is 0 Å². The Labute approximate surface area is 136 Å². The minimum atomic E-state index is -0.373. The number of carbonyl (C=O) groups excluding carboxylic acids is 1. The first-order valence-electron chi connectivity index (χ1n) is 7.57. The van der Waals surface area contributed by atoms with E-state index in [-0.39, 0.29) is 11.2 Å². The van der Waals surface area contributed by atoms with Crippen LogP contribution in [0.5, 0.6) is 11.5 Å². The van der Waals surface area contributed by atoms with E-state index in [4.69, 9.17) is 9.47 Å². The molecule has 0 aromatic heterocycles. The van der Waals surface area contributed by atoms with Crippen molar-refractivity contribution < 1.29 is 14.3 Å². The molecule has 0 saturated heterocycles. The average molecular weight is 308 g/mol. The standard InChI is InChI=1S/C20H20O3/c1-20(2)15-12-18(23-4)17(22-3)11-14(15)19(21)16(20)10-13-8-6-5-7-9-13/h5-12H,1-4H3/b16-10-. The molecule has 0 spiro atoms. The minimum Gasteiger partial charge on any atom is -0.493 e. The number of hydrogen-bond donors (Lipinski definition) is 0. The molecule has 0 aliphatic heterocycles. The number of allylic oxidation sites excluding steroid dienone is 1. The van der Waals surface area contributed by atoms with E-state index < -0.39 is 0 Å². The van der Waals surface area contributed by atoms with Crippen molar-refractivity contribution >= 4 is 11.9 Å². The molecule has 2 aromatic rings. The predicted molar refractivity (Wildman–Crippen MR) is 91.3 cm³/mol. The molecule has 3 nitrogen and oxygen atoms in total. The maximum atomic E-state index is 12.9. The molecular weight excluding hydrogens is 288 g/mol. The fourth-order valence-electron chi connectivity index (χ4n) is 3.12. The van der Waals surface area contributed by atoms with Gasteiger partial charge in [0.15, 0.2) is 17.3 Å². The van der Waals surface area contributed by atoms with Gasteiger partial charge in [0.1, 0.15) is 0 Å². The molecule has 2 aromatic carbocycles. The second kappa shape index (κ2) is 5.58. The second-order valence-corrected chi connectivity index (χ2v) is 6.18.